The average molecular weight is 237 g/mol. The number of carbonyl (C=O) groups excluding carboxylic acids is 1. The molecule has 1 aliphatic heterocycles. The highest BCUT2D eigenvalue weighted by molar-refractivity contribution is 8.02. The summed E-state index contributed by atoms with van der Waals surface area (Å²) in [4.78, 5) is 10.5. The lowest BCUT2D eigenvalue weighted by molar-refractivity contribution is 0.165. The third-order valence-corrected chi connectivity index (χ3v) is 3.65. The molecular formula is C12H15NO2S. The first-order valence-electron chi connectivity index (χ1n) is 5.37. The van der Waals surface area contributed by atoms with E-state index in [4.69, 9.17) is 10.5 Å². The maximum Gasteiger partial charge on any atom is 0.404 e. The maximum absolute atomic E-state index is 10.5. The number of amides is 1. The Morgan fingerprint density at radius 2 is 2.19 bits per heavy atom. The third kappa shape index (κ3) is 2.92. The Hall–Kier alpha value is -1.16. The predicted octanol–water partition coefficient (Wildman–Crippen LogP) is 2.75. The Balaban J connectivity index is 1.93. The van der Waals surface area contributed by atoms with Crippen molar-refractivity contribution in [1.29, 1.82) is 0 Å². The average Bonchev–Trinajstić information content (AvgIpc) is 2.80. The fraction of sp³-hybridized carbons (Fsp3) is 0.417. The van der Waals surface area contributed by atoms with Gasteiger partial charge in [0.25, 0.3) is 0 Å². The van der Waals surface area contributed by atoms with Crippen molar-refractivity contribution < 1.29 is 9.53 Å². The molecule has 0 bridgehead atoms. The lowest BCUT2D eigenvalue weighted by Gasteiger charge is -2.15. The Morgan fingerprint density at radius 1 is 1.31 bits per heavy atom. The van der Waals surface area contributed by atoms with Crippen molar-refractivity contribution in [1.82, 2.24) is 0 Å². The number of hydrogen-bond acceptors (Lipinski definition) is 3. The van der Waals surface area contributed by atoms with E-state index >= 15 is 0 Å². The molecule has 0 saturated heterocycles. The van der Waals surface area contributed by atoms with Gasteiger partial charge < -0.3 is 10.5 Å². The van der Waals surface area contributed by atoms with Crippen LogP contribution in [0.3, 0.4) is 0 Å². The van der Waals surface area contributed by atoms with Crippen LogP contribution in [-0.4, -0.2) is 18.5 Å². The summed E-state index contributed by atoms with van der Waals surface area (Å²) in [5.41, 5.74) is 8.95. The Morgan fingerprint density at radius 3 is 2.75 bits per heavy atom. The maximum atomic E-state index is 10.5. The lowest BCUT2D eigenvalue weighted by Crippen LogP contribution is -2.15. The summed E-state index contributed by atoms with van der Waals surface area (Å²) in [6.07, 6.45) is 6.66. The first kappa shape index (κ1) is 11.3. The fourth-order valence-corrected chi connectivity index (χ4v) is 2.78. The van der Waals surface area contributed by atoms with Crippen molar-refractivity contribution in [2.75, 3.05) is 12.4 Å². The first-order valence-corrected chi connectivity index (χ1v) is 6.42. The minimum Gasteiger partial charge on any atom is -0.445 e. The molecule has 0 aromatic heterocycles. The molecular weight excluding hydrogens is 222 g/mol. The number of hydrogen-bond donors (Lipinski definition) is 1. The molecule has 0 saturated carbocycles. The number of ether oxygens (including phenoxy) is 1. The van der Waals surface area contributed by atoms with Crippen LogP contribution < -0.4 is 5.73 Å². The van der Waals surface area contributed by atoms with E-state index in [2.05, 4.69) is 11.5 Å². The van der Waals surface area contributed by atoms with Gasteiger partial charge in [-0.2, -0.15) is 0 Å². The Bertz CT molecular complexity index is 382. The van der Waals surface area contributed by atoms with Crippen LogP contribution in [0.15, 0.2) is 34.3 Å². The molecule has 2 aliphatic rings. The van der Waals surface area contributed by atoms with Crippen LogP contribution in [0, 0.1) is 0 Å². The molecule has 3 nitrogen and oxygen atoms in total. The van der Waals surface area contributed by atoms with E-state index in [9.17, 15) is 4.79 Å². The van der Waals surface area contributed by atoms with Gasteiger partial charge in [0.2, 0.25) is 0 Å². The van der Waals surface area contributed by atoms with Gasteiger partial charge in [-0.05, 0) is 41.4 Å². The number of primary amides is 1. The lowest BCUT2D eigenvalue weighted by atomic mass is 9.93. The van der Waals surface area contributed by atoms with Gasteiger partial charge in [0, 0.05) is 5.75 Å². The largest absolute Gasteiger partial charge is 0.445 e. The van der Waals surface area contributed by atoms with Gasteiger partial charge in [0.05, 0.1) is 0 Å². The van der Waals surface area contributed by atoms with Crippen LogP contribution in [-0.2, 0) is 4.74 Å². The molecule has 16 heavy (non-hydrogen) atoms. The molecule has 0 aromatic carbocycles. The number of thioether (sulfide) groups is 1. The summed E-state index contributed by atoms with van der Waals surface area (Å²) in [6.45, 7) is 0.326. The van der Waals surface area contributed by atoms with E-state index in [-0.39, 0.29) is 0 Å². The van der Waals surface area contributed by atoms with E-state index in [0.29, 0.717) is 6.61 Å². The van der Waals surface area contributed by atoms with E-state index in [1.165, 1.54) is 23.3 Å². The van der Waals surface area contributed by atoms with Crippen molar-refractivity contribution in [2.24, 2.45) is 5.73 Å². The zero-order valence-corrected chi connectivity index (χ0v) is 9.89. The van der Waals surface area contributed by atoms with E-state index in [1.54, 1.807) is 0 Å². The molecule has 0 spiro atoms. The highest BCUT2D eigenvalue weighted by Gasteiger charge is 2.13. The minimum absolute atomic E-state index is 0.326. The summed E-state index contributed by atoms with van der Waals surface area (Å²) in [5.74, 6) is 1.20. The highest BCUT2D eigenvalue weighted by atomic mass is 32.2. The third-order valence-electron chi connectivity index (χ3n) is 2.76. The molecule has 2 N–H and O–H groups in total. The summed E-state index contributed by atoms with van der Waals surface area (Å²) in [5, 5.41) is 2.25. The van der Waals surface area contributed by atoms with Gasteiger partial charge >= 0.3 is 6.09 Å². The van der Waals surface area contributed by atoms with Crippen LogP contribution in [0.5, 0.6) is 0 Å². The van der Waals surface area contributed by atoms with E-state index in [1.807, 2.05) is 17.8 Å². The first-order chi connectivity index (χ1) is 7.75. The number of rotatable bonds is 3. The summed E-state index contributed by atoms with van der Waals surface area (Å²) >= 11 is 1.88. The van der Waals surface area contributed by atoms with Crippen LogP contribution in [0.4, 0.5) is 4.79 Å². The van der Waals surface area contributed by atoms with Crippen molar-refractivity contribution in [3.05, 3.63) is 34.3 Å². The highest BCUT2D eigenvalue weighted by Crippen LogP contribution is 2.32. The van der Waals surface area contributed by atoms with E-state index in [0.717, 1.165) is 18.4 Å². The summed E-state index contributed by atoms with van der Waals surface area (Å²) < 4.78 is 4.76. The number of nitrogens with two attached hydrogens (primary N) is 1. The molecule has 0 radical (unpaired) electrons. The molecule has 0 fully saturated rings. The second-order valence-electron chi connectivity index (χ2n) is 3.89. The van der Waals surface area contributed by atoms with Gasteiger partial charge in [-0.25, -0.2) is 4.79 Å². The standard InChI is InChI=1S/C12H15NO2S/c13-12(14)15-7-9-1-3-10(4-2-9)11-5-6-16-8-11/h1,3,8H,2,4-7H2,(H2,13,14). The second kappa shape index (κ2) is 5.25. The van der Waals surface area contributed by atoms with Crippen molar-refractivity contribution >= 4 is 17.9 Å². The molecule has 2 rings (SSSR count). The molecule has 4 heteroatoms. The molecule has 0 unspecified atom stereocenters. The zero-order chi connectivity index (χ0) is 11.4. The van der Waals surface area contributed by atoms with Gasteiger partial charge in [0.1, 0.15) is 6.61 Å². The SMILES string of the molecule is NC(=O)OCC1=CC=C(C2=CSCC2)CC1. The van der Waals surface area contributed by atoms with Gasteiger partial charge in [-0.1, -0.05) is 12.2 Å². The zero-order valence-electron chi connectivity index (χ0n) is 9.07. The van der Waals surface area contributed by atoms with Crippen LogP contribution in [0.1, 0.15) is 19.3 Å². The molecule has 0 atom stereocenters. The fourth-order valence-electron chi connectivity index (χ4n) is 1.86. The van der Waals surface area contributed by atoms with Crippen molar-refractivity contribution in [3.8, 4) is 0 Å². The van der Waals surface area contributed by atoms with Gasteiger partial charge in [-0.3, -0.25) is 0 Å². The van der Waals surface area contributed by atoms with Crippen LogP contribution in [0.25, 0.3) is 0 Å². The Kier molecular flexibility index (Phi) is 3.72. The normalized spacial score (nSPS) is 19.9. The molecule has 86 valence electrons. The Labute approximate surface area is 99.4 Å². The number of carbonyl (C=O) groups is 1. The molecule has 1 amide bonds. The van der Waals surface area contributed by atoms with Crippen LogP contribution in [0.2, 0.25) is 0 Å². The molecule has 1 aliphatic carbocycles. The molecule has 1 heterocycles. The quantitative estimate of drug-likeness (QED) is 0.821. The summed E-state index contributed by atoms with van der Waals surface area (Å²) in [6, 6.07) is 0. The topological polar surface area (TPSA) is 52.3 Å². The smallest absolute Gasteiger partial charge is 0.404 e. The predicted molar refractivity (Wildman–Crippen MR) is 66.1 cm³/mol. The van der Waals surface area contributed by atoms with Crippen LogP contribution >= 0.6 is 11.8 Å². The van der Waals surface area contributed by atoms with Gasteiger partial charge in [-0.15, -0.1) is 11.8 Å². The van der Waals surface area contributed by atoms with Gasteiger partial charge in [0.15, 0.2) is 0 Å². The second-order valence-corrected chi connectivity index (χ2v) is 4.87. The number of allylic oxidation sites excluding steroid dienone is 4. The monoisotopic (exact) mass is 237 g/mol. The molecule has 0 aromatic rings. The minimum atomic E-state index is -0.703. The van der Waals surface area contributed by atoms with E-state index < -0.39 is 6.09 Å². The van der Waals surface area contributed by atoms with Crippen molar-refractivity contribution in [3.63, 3.8) is 0 Å². The summed E-state index contributed by atoms with van der Waals surface area (Å²) in [7, 11) is 0. The van der Waals surface area contributed by atoms with Crippen molar-refractivity contribution in [2.45, 2.75) is 19.3 Å².